The summed E-state index contributed by atoms with van der Waals surface area (Å²) in [5.74, 6) is 1.32. The Hall–Kier alpha value is -3.00. The number of rotatable bonds is 8. The second-order valence-corrected chi connectivity index (χ2v) is 5.07. The molecule has 0 atom stereocenters. The molecular formula is C19H20N2O3. The monoisotopic (exact) mass is 324 g/mol. The zero-order valence-corrected chi connectivity index (χ0v) is 13.6. The van der Waals surface area contributed by atoms with E-state index < -0.39 is 0 Å². The predicted molar refractivity (Wildman–Crippen MR) is 92.1 cm³/mol. The van der Waals surface area contributed by atoms with Crippen molar-refractivity contribution in [1.29, 1.82) is 5.26 Å². The van der Waals surface area contributed by atoms with Gasteiger partial charge in [0.05, 0.1) is 24.8 Å². The van der Waals surface area contributed by atoms with E-state index in [9.17, 15) is 4.79 Å². The van der Waals surface area contributed by atoms with E-state index in [0.717, 1.165) is 0 Å². The van der Waals surface area contributed by atoms with Crippen molar-refractivity contribution in [2.24, 2.45) is 0 Å². The minimum Gasteiger partial charge on any atom is -0.490 e. The highest BCUT2D eigenvalue weighted by Gasteiger charge is 2.05. The second kappa shape index (κ2) is 9.21. The fourth-order valence-electron chi connectivity index (χ4n) is 2.11. The Bertz CT molecular complexity index is 705. The molecule has 2 aromatic rings. The molecule has 0 fully saturated rings. The molecule has 0 aromatic heterocycles. The van der Waals surface area contributed by atoms with Crippen LogP contribution in [0.1, 0.15) is 25.3 Å². The van der Waals surface area contributed by atoms with Gasteiger partial charge in [-0.05, 0) is 49.7 Å². The maximum atomic E-state index is 11.9. The summed E-state index contributed by atoms with van der Waals surface area (Å²) in [6, 6.07) is 16.3. The summed E-state index contributed by atoms with van der Waals surface area (Å²) >= 11 is 0. The van der Waals surface area contributed by atoms with Crippen LogP contribution in [0.2, 0.25) is 0 Å². The van der Waals surface area contributed by atoms with E-state index in [4.69, 9.17) is 14.7 Å². The van der Waals surface area contributed by atoms with Crippen molar-refractivity contribution in [1.82, 2.24) is 0 Å². The van der Waals surface area contributed by atoms with E-state index in [-0.39, 0.29) is 5.91 Å². The van der Waals surface area contributed by atoms with E-state index in [1.807, 2.05) is 37.3 Å². The lowest BCUT2D eigenvalue weighted by molar-refractivity contribution is -0.116. The Kier molecular flexibility index (Phi) is 6.66. The number of anilines is 1. The lowest BCUT2D eigenvalue weighted by atomic mass is 10.2. The molecule has 0 aliphatic carbocycles. The van der Waals surface area contributed by atoms with Crippen LogP contribution in [0.4, 0.5) is 5.69 Å². The largest absolute Gasteiger partial charge is 0.490 e. The smallest absolute Gasteiger partial charge is 0.224 e. The lowest BCUT2D eigenvalue weighted by Gasteiger charge is -2.11. The number of amides is 1. The van der Waals surface area contributed by atoms with Crippen molar-refractivity contribution in [3.05, 3.63) is 54.1 Å². The Labute approximate surface area is 141 Å². The molecule has 5 nitrogen and oxygen atoms in total. The zero-order valence-electron chi connectivity index (χ0n) is 13.6. The third kappa shape index (κ3) is 5.33. The van der Waals surface area contributed by atoms with Crippen LogP contribution in [0.25, 0.3) is 0 Å². The number of hydrogen-bond donors (Lipinski definition) is 1. The molecule has 0 bridgehead atoms. The van der Waals surface area contributed by atoms with Crippen molar-refractivity contribution in [2.45, 2.75) is 19.8 Å². The van der Waals surface area contributed by atoms with E-state index in [1.165, 1.54) is 0 Å². The SMILES string of the molecule is CCOc1ccccc1OCCCC(=O)Nc1ccc(C#N)cc1. The molecular weight excluding hydrogens is 304 g/mol. The van der Waals surface area contributed by atoms with Crippen LogP contribution in [-0.2, 0) is 4.79 Å². The third-order valence-corrected chi connectivity index (χ3v) is 3.25. The van der Waals surface area contributed by atoms with Gasteiger partial charge in [0.1, 0.15) is 0 Å². The highest BCUT2D eigenvalue weighted by molar-refractivity contribution is 5.90. The topological polar surface area (TPSA) is 71.3 Å². The van der Waals surface area contributed by atoms with Crippen molar-refractivity contribution in [2.75, 3.05) is 18.5 Å². The number of carbonyl (C=O) groups is 1. The molecule has 1 amide bonds. The first-order valence-corrected chi connectivity index (χ1v) is 7.87. The minimum absolute atomic E-state index is 0.0820. The average molecular weight is 324 g/mol. The lowest BCUT2D eigenvalue weighted by Crippen LogP contribution is -2.12. The fraction of sp³-hybridized carbons (Fsp3) is 0.263. The van der Waals surface area contributed by atoms with Crippen LogP contribution in [0.15, 0.2) is 48.5 Å². The van der Waals surface area contributed by atoms with Gasteiger partial charge in [0.15, 0.2) is 11.5 Å². The molecule has 0 spiro atoms. The quantitative estimate of drug-likeness (QED) is 0.751. The summed E-state index contributed by atoms with van der Waals surface area (Å²) < 4.78 is 11.2. The van der Waals surface area contributed by atoms with Gasteiger partial charge in [0, 0.05) is 12.1 Å². The summed E-state index contributed by atoms with van der Waals surface area (Å²) in [6.45, 7) is 2.93. The summed E-state index contributed by atoms with van der Waals surface area (Å²) in [6.07, 6.45) is 0.958. The molecule has 0 saturated heterocycles. The molecule has 0 radical (unpaired) electrons. The van der Waals surface area contributed by atoms with Crippen LogP contribution < -0.4 is 14.8 Å². The van der Waals surface area contributed by atoms with Gasteiger partial charge in [0.25, 0.3) is 0 Å². The molecule has 124 valence electrons. The number of ether oxygens (including phenoxy) is 2. The Balaban J connectivity index is 1.74. The number of nitriles is 1. The first-order valence-electron chi connectivity index (χ1n) is 7.87. The number of nitrogens with one attached hydrogen (secondary N) is 1. The Morgan fingerprint density at radius 1 is 1.08 bits per heavy atom. The summed E-state index contributed by atoms with van der Waals surface area (Å²) in [5, 5.41) is 11.5. The van der Waals surface area contributed by atoms with Crippen LogP contribution >= 0.6 is 0 Å². The van der Waals surface area contributed by atoms with E-state index in [2.05, 4.69) is 5.32 Å². The number of nitrogens with zero attached hydrogens (tertiary/aromatic N) is 1. The molecule has 0 aliphatic rings. The third-order valence-electron chi connectivity index (χ3n) is 3.25. The van der Waals surface area contributed by atoms with Crippen molar-refractivity contribution < 1.29 is 14.3 Å². The van der Waals surface area contributed by atoms with Gasteiger partial charge in [-0.3, -0.25) is 4.79 Å². The van der Waals surface area contributed by atoms with Gasteiger partial charge in [-0.1, -0.05) is 12.1 Å². The molecule has 2 aromatic carbocycles. The molecule has 1 N–H and O–H groups in total. The molecule has 0 unspecified atom stereocenters. The molecule has 5 heteroatoms. The highest BCUT2D eigenvalue weighted by Crippen LogP contribution is 2.26. The number of para-hydroxylation sites is 2. The Morgan fingerprint density at radius 2 is 1.75 bits per heavy atom. The zero-order chi connectivity index (χ0) is 17.2. The van der Waals surface area contributed by atoms with Crippen molar-refractivity contribution in [3.63, 3.8) is 0 Å². The highest BCUT2D eigenvalue weighted by atomic mass is 16.5. The second-order valence-electron chi connectivity index (χ2n) is 5.07. The van der Waals surface area contributed by atoms with Crippen molar-refractivity contribution in [3.8, 4) is 17.6 Å². The van der Waals surface area contributed by atoms with Gasteiger partial charge in [-0.25, -0.2) is 0 Å². The normalized spacial score (nSPS) is 9.83. The summed E-state index contributed by atoms with van der Waals surface area (Å²) in [5.41, 5.74) is 1.25. The summed E-state index contributed by atoms with van der Waals surface area (Å²) in [7, 11) is 0. The molecule has 0 heterocycles. The van der Waals surface area contributed by atoms with Gasteiger partial charge in [0.2, 0.25) is 5.91 Å². The Morgan fingerprint density at radius 3 is 2.38 bits per heavy atom. The maximum Gasteiger partial charge on any atom is 0.224 e. The number of carbonyl (C=O) groups excluding carboxylic acids is 1. The van der Waals surface area contributed by atoms with Crippen molar-refractivity contribution >= 4 is 11.6 Å². The first kappa shape index (κ1) is 17.4. The maximum absolute atomic E-state index is 11.9. The molecule has 24 heavy (non-hydrogen) atoms. The van der Waals surface area contributed by atoms with E-state index in [1.54, 1.807) is 24.3 Å². The molecule has 0 saturated carbocycles. The predicted octanol–water partition coefficient (Wildman–Crippen LogP) is 3.75. The van der Waals surface area contributed by atoms with Gasteiger partial charge in [-0.15, -0.1) is 0 Å². The van der Waals surface area contributed by atoms with Gasteiger partial charge < -0.3 is 14.8 Å². The standard InChI is InChI=1S/C19H20N2O3/c1-2-23-17-6-3-4-7-18(17)24-13-5-8-19(22)21-16-11-9-15(14-20)10-12-16/h3-4,6-7,9-12H,2,5,8,13H2,1H3,(H,21,22). The van der Waals surface area contributed by atoms with E-state index >= 15 is 0 Å². The van der Waals surface area contributed by atoms with Gasteiger partial charge in [-0.2, -0.15) is 5.26 Å². The van der Waals surface area contributed by atoms with Gasteiger partial charge >= 0.3 is 0 Å². The van der Waals surface area contributed by atoms with E-state index in [0.29, 0.717) is 48.8 Å². The molecule has 0 aliphatic heterocycles. The number of benzene rings is 2. The van der Waals surface area contributed by atoms with Crippen LogP contribution in [0, 0.1) is 11.3 Å². The summed E-state index contributed by atoms with van der Waals surface area (Å²) in [4.78, 5) is 11.9. The van der Waals surface area contributed by atoms with Crippen LogP contribution in [0.5, 0.6) is 11.5 Å². The average Bonchev–Trinajstić information content (AvgIpc) is 2.61. The first-order chi connectivity index (χ1) is 11.7. The van der Waals surface area contributed by atoms with Crippen LogP contribution in [-0.4, -0.2) is 19.1 Å². The molecule has 2 rings (SSSR count). The fourth-order valence-corrected chi connectivity index (χ4v) is 2.11. The number of hydrogen-bond acceptors (Lipinski definition) is 4. The minimum atomic E-state index is -0.0820. The van der Waals surface area contributed by atoms with Crippen LogP contribution in [0.3, 0.4) is 0 Å².